The van der Waals surface area contributed by atoms with E-state index in [-0.39, 0.29) is 6.61 Å². The summed E-state index contributed by atoms with van der Waals surface area (Å²) in [4.78, 5) is 0. The van der Waals surface area contributed by atoms with Crippen molar-refractivity contribution in [1.29, 1.82) is 5.26 Å². The van der Waals surface area contributed by atoms with E-state index in [2.05, 4.69) is 10.2 Å². The van der Waals surface area contributed by atoms with Crippen molar-refractivity contribution >= 4 is 0 Å². The lowest BCUT2D eigenvalue weighted by molar-refractivity contribution is 0.366. The van der Waals surface area contributed by atoms with Gasteiger partial charge in [-0.2, -0.15) is 5.26 Å². The molecule has 74 valence electrons. The molecule has 1 aromatic heterocycles. The average Bonchev–Trinajstić information content (AvgIpc) is 2.80. The molecule has 5 nitrogen and oxygen atoms in total. The molecule has 2 aromatic rings. The fourth-order valence-electron chi connectivity index (χ4n) is 1.23. The summed E-state index contributed by atoms with van der Waals surface area (Å²) in [5.41, 5.74) is 0.817. The van der Waals surface area contributed by atoms with Crippen LogP contribution in [0.2, 0.25) is 0 Å². The average molecular weight is 200 g/mol. The maximum atomic E-state index is 8.44. The van der Waals surface area contributed by atoms with Gasteiger partial charge in [-0.15, -0.1) is 10.2 Å². The van der Waals surface area contributed by atoms with Crippen LogP contribution in [-0.2, 0) is 0 Å². The van der Waals surface area contributed by atoms with Gasteiger partial charge in [0.2, 0.25) is 0 Å². The summed E-state index contributed by atoms with van der Waals surface area (Å²) in [7, 11) is 0. The van der Waals surface area contributed by atoms with Crippen molar-refractivity contribution in [2.24, 2.45) is 0 Å². The first-order chi connectivity index (χ1) is 7.42. The van der Waals surface area contributed by atoms with E-state index in [9.17, 15) is 0 Å². The SMILES string of the molecule is N#CCOc1ccccc1-n1cnnc1. The second-order valence-corrected chi connectivity index (χ2v) is 2.78. The predicted octanol–water partition coefficient (Wildman–Crippen LogP) is 1.17. The van der Waals surface area contributed by atoms with Crippen LogP contribution in [0.15, 0.2) is 36.9 Å². The fraction of sp³-hybridized carbons (Fsp3) is 0.100. The largest absolute Gasteiger partial charge is 0.477 e. The monoisotopic (exact) mass is 200 g/mol. The predicted molar refractivity (Wildman–Crippen MR) is 52.5 cm³/mol. The van der Waals surface area contributed by atoms with Gasteiger partial charge >= 0.3 is 0 Å². The van der Waals surface area contributed by atoms with Gasteiger partial charge in [-0.1, -0.05) is 12.1 Å². The van der Waals surface area contributed by atoms with Gasteiger partial charge in [-0.25, -0.2) is 0 Å². The molecule has 2 rings (SSSR count). The molecule has 0 bridgehead atoms. The second kappa shape index (κ2) is 4.24. The van der Waals surface area contributed by atoms with Gasteiger partial charge in [0.25, 0.3) is 0 Å². The van der Waals surface area contributed by atoms with Gasteiger partial charge < -0.3 is 4.74 Å². The molecule has 0 fully saturated rings. The van der Waals surface area contributed by atoms with Crippen LogP contribution in [0.1, 0.15) is 0 Å². The van der Waals surface area contributed by atoms with E-state index in [1.165, 1.54) is 0 Å². The molecule has 1 aromatic carbocycles. The highest BCUT2D eigenvalue weighted by Gasteiger charge is 2.04. The van der Waals surface area contributed by atoms with Crippen molar-refractivity contribution in [3.63, 3.8) is 0 Å². The molecule has 0 N–H and O–H groups in total. The summed E-state index contributed by atoms with van der Waals surface area (Å²) in [5, 5.41) is 15.9. The molecule has 0 saturated heterocycles. The minimum Gasteiger partial charge on any atom is -0.477 e. The second-order valence-electron chi connectivity index (χ2n) is 2.78. The molecule has 15 heavy (non-hydrogen) atoms. The van der Waals surface area contributed by atoms with Crippen LogP contribution >= 0.6 is 0 Å². The number of nitriles is 1. The number of benzene rings is 1. The van der Waals surface area contributed by atoms with Crippen LogP contribution in [0, 0.1) is 11.3 Å². The van der Waals surface area contributed by atoms with Crippen LogP contribution in [0.4, 0.5) is 0 Å². The summed E-state index contributed by atoms with van der Waals surface area (Å²) in [6, 6.07) is 9.33. The Morgan fingerprint density at radius 3 is 2.73 bits per heavy atom. The minimum absolute atomic E-state index is 0.0269. The molecule has 0 aliphatic rings. The zero-order chi connectivity index (χ0) is 10.5. The lowest BCUT2D eigenvalue weighted by Gasteiger charge is -2.08. The zero-order valence-electron chi connectivity index (χ0n) is 7.87. The lowest BCUT2D eigenvalue weighted by atomic mass is 10.3. The summed E-state index contributed by atoms with van der Waals surface area (Å²) in [6.45, 7) is 0.0269. The Labute approximate surface area is 86.6 Å². The van der Waals surface area contributed by atoms with Crippen molar-refractivity contribution in [2.75, 3.05) is 6.61 Å². The molecular formula is C10H8N4O. The Kier molecular flexibility index (Phi) is 2.61. The van der Waals surface area contributed by atoms with Crippen LogP contribution in [0.3, 0.4) is 0 Å². The Morgan fingerprint density at radius 1 is 1.27 bits per heavy atom. The smallest absolute Gasteiger partial charge is 0.174 e. The number of nitrogens with zero attached hydrogens (tertiary/aromatic N) is 4. The number of hydrogen-bond donors (Lipinski definition) is 0. The molecule has 0 aliphatic carbocycles. The minimum atomic E-state index is 0.0269. The molecule has 0 spiro atoms. The van der Waals surface area contributed by atoms with Gasteiger partial charge in [-0.3, -0.25) is 4.57 Å². The third-order valence-corrected chi connectivity index (χ3v) is 1.85. The number of rotatable bonds is 3. The van der Waals surface area contributed by atoms with Gasteiger partial charge in [0.1, 0.15) is 24.5 Å². The summed E-state index contributed by atoms with van der Waals surface area (Å²) in [6.07, 6.45) is 3.16. The molecule has 1 heterocycles. The molecule has 0 amide bonds. The standard InChI is InChI=1S/C10H8N4O/c11-5-6-15-10-4-2-1-3-9(10)14-7-12-13-8-14/h1-4,7-8H,6H2. The topological polar surface area (TPSA) is 63.7 Å². The first kappa shape index (κ1) is 9.21. The van der Waals surface area contributed by atoms with Crippen molar-refractivity contribution < 1.29 is 4.74 Å². The van der Waals surface area contributed by atoms with E-state index in [0.717, 1.165) is 5.69 Å². The van der Waals surface area contributed by atoms with E-state index in [1.54, 1.807) is 23.3 Å². The van der Waals surface area contributed by atoms with Gasteiger partial charge in [0, 0.05) is 0 Å². The number of aromatic nitrogens is 3. The molecule has 5 heteroatoms. The van der Waals surface area contributed by atoms with E-state index in [4.69, 9.17) is 10.00 Å². The van der Waals surface area contributed by atoms with Crippen LogP contribution in [0.5, 0.6) is 5.75 Å². The van der Waals surface area contributed by atoms with Crippen molar-refractivity contribution in [1.82, 2.24) is 14.8 Å². The highest BCUT2D eigenvalue weighted by molar-refractivity contribution is 5.46. The Morgan fingerprint density at radius 2 is 2.00 bits per heavy atom. The Hall–Kier alpha value is -2.35. The molecule has 0 unspecified atom stereocenters. The van der Waals surface area contributed by atoms with E-state index in [1.807, 2.05) is 24.3 Å². The maximum absolute atomic E-state index is 8.44. The van der Waals surface area contributed by atoms with Crippen molar-refractivity contribution in [2.45, 2.75) is 0 Å². The number of para-hydroxylation sites is 2. The Bertz CT molecular complexity index is 472. The first-order valence-corrected chi connectivity index (χ1v) is 4.35. The zero-order valence-corrected chi connectivity index (χ0v) is 7.87. The molecule has 0 radical (unpaired) electrons. The van der Waals surface area contributed by atoms with Gasteiger partial charge in [-0.05, 0) is 12.1 Å². The Balaban J connectivity index is 2.35. The third-order valence-electron chi connectivity index (χ3n) is 1.85. The normalized spacial score (nSPS) is 9.53. The van der Waals surface area contributed by atoms with E-state index in [0.29, 0.717) is 5.75 Å². The summed E-state index contributed by atoms with van der Waals surface area (Å²) in [5.74, 6) is 0.638. The van der Waals surface area contributed by atoms with Crippen molar-refractivity contribution in [3.05, 3.63) is 36.9 Å². The summed E-state index contributed by atoms with van der Waals surface area (Å²) >= 11 is 0. The van der Waals surface area contributed by atoms with Crippen LogP contribution < -0.4 is 4.74 Å². The molecular weight excluding hydrogens is 192 g/mol. The first-order valence-electron chi connectivity index (χ1n) is 4.35. The van der Waals surface area contributed by atoms with E-state index < -0.39 is 0 Å². The quantitative estimate of drug-likeness (QED) is 0.746. The third kappa shape index (κ3) is 1.94. The molecule has 0 saturated carbocycles. The highest BCUT2D eigenvalue weighted by Crippen LogP contribution is 2.21. The lowest BCUT2D eigenvalue weighted by Crippen LogP contribution is -1.99. The van der Waals surface area contributed by atoms with Crippen LogP contribution in [0.25, 0.3) is 5.69 Å². The van der Waals surface area contributed by atoms with E-state index >= 15 is 0 Å². The highest BCUT2D eigenvalue weighted by atomic mass is 16.5. The van der Waals surface area contributed by atoms with Gasteiger partial charge in [0.05, 0.1) is 5.69 Å². The molecule has 0 atom stereocenters. The number of hydrogen-bond acceptors (Lipinski definition) is 4. The van der Waals surface area contributed by atoms with Crippen molar-refractivity contribution in [3.8, 4) is 17.5 Å². The molecule has 0 aliphatic heterocycles. The van der Waals surface area contributed by atoms with Gasteiger partial charge in [0.15, 0.2) is 6.61 Å². The fourth-order valence-corrected chi connectivity index (χ4v) is 1.23. The maximum Gasteiger partial charge on any atom is 0.174 e. The number of ether oxygens (including phenoxy) is 1. The van der Waals surface area contributed by atoms with Crippen LogP contribution in [-0.4, -0.2) is 21.4 Å². The summed E-state index contributed by atoms with van der Waals surface area (Å²) < 4.78 is 7.00.